The van der Waals surface area contributed by atoms with Gasteiger partial charge in [-0.1, -0.05) is 12.1 Å². The molecule has 1 aliphatic rings. The van der Waals surface area contributed by atoms with Crippen molar-refractivity contribution in [2.75, 3.05) is 26.7 Å². The smallest absolute Gasteiger partial charge is 0.312 e. The Morgan fingerprint density at radius 3 is 2.67 bits per heavy atom. The predicted molar refractivity (Wildman–Crippen MR) is 71.6 cm³/mol. The number of ketones is 1. The summed E-state index contributed by atoms with van der Waals surface area (Å²) in [6, 6.07) is 5.28. The fraction of sp³-hybridized carbons (Fsp3) is 0.308. The van der Waals surface area contributed by atoms with Gasteiger partial charge < -0.3 is 9.80 Å². The maximum Gasteiger partial charge on any atom is 0.312 e. The second-order valence-corrected chi connectivity index (χ2v) is 4.68. The van der Waals surface area contributed by atoms with E-state index in [2.05, 4.69) is 0 Å². The number of piperazine rings is 1. The van der Waals surface area contributed by atoms with Crippen LogP contribution in [0.2, 0.25) is 0 Å². The van der Waals surface area contributed by atoms with Crippen molar-refractivity contribution in [3.63, 3.8) is 0 Å². The number of Topliss-reactive ketones (excluding diaryl/α,β-unsaturated/α-hetero) is 1. The van der Waals surface area contributed by atoms with Gasteiger partial charge in [0.25, 0.3) is 5.69 Å². The minimum atomic E-state index is -0.734. The van der Waals surface area contributed by atoms with E-state index in [1.54, 1.807) is 0 Å². The highest BCUT2D eigenvalue weighted by Gasteiger charge is 2.31. The second-order valence-electron chi connectivity index (χ2n) is 4.68. The third-order valence-electron chi connectivity index (χ3n) is 3.24. The van der Waals surface area contributed by atoms with E-state index in [4.69, 9.17) is 0 Å². The number of amides is 2. The lowest BCUT2D eigenvalue weighted by Crippen LogP contribution is -2.53. The molecule has 0 spiro atoms. The van der Waals surface area contributed by atoms with Crippen LogP contribution >= 0.6 is 0 Å². The van der Waals surface area contributed by atoms with Crippen LogP contribution in [-0.2, 0) is 9.59 Å². The van der Waals surface area contributed by atoms with Crippen molar-refractivity contribution in [2.45, 2.75) is 0 Å². The zero-order valence-corrected chi connectivity index (χ0v) is 11.3. The molecule has 2 amide bonds. The van der Waals surface area contributed by atoms with Crippen LogP contribution < -0.4 is 0 Å². The summed E-state index contributed by atoms with van der Waals surface area (Å²) in [5.41, 5.74) is -0.0509. The zero-order chi connectivity index (χ0) is 15.6. The minimum absolute atomic E-state index is 0.142. The highest BCUT2D eigenvalue weighted by molar-refractivity contribution is 6.35. The molecule has 21 heavy (non-hydrogen) atoms. The number of rotatable bonds is 4. The number of likely N-dealkylation sites (N-methyl/N-ethyl adjacent to an activating group) is 1. The number of hydrogen-bond donors (Lipinski definition) is 0. The minimum Gasteiger partial charge on any atom is -0.336 e. The van der Waals surface area contributed by atoms with E-state index >= 15 is 0 Å². The Balaban J connectivity index is 2.11. The molecule has 1 aromatic carbocycles. The Bertz CT molecular complexity index is 628. The van der Waals surface area contributed by atoms with Gasteiger partial charge in [0.05, 0.1) is 11.5 Å². The number of hydrogen-bond acceptors (Lipinski definition) is 5. The second kappa shape index (κ2) is 5.70. The monoisotopic (exact) mass is 291 g/mol. The van der Waals surface area contributed by atoms with E-state index in [0.29, 0.717) is 6.54 Å². The molecule has 1 aliphatic heterocycles. The predicted octanol–water partition coefficient (Wildman–Crippen LogP) is 0.0781. The molecule has 2 rings (SSSR count). The highest BCUT2D eigenvalue weighted by atomic mass is 16.6. The maximum absolute atomic E-state index is 12.1. The van der Waals surface area contributed by atoms with Crippen molar-refractivity contribution in [1.82, 2.24) is 9.80 Å². The van der Waals surface area contributed by atoms with Crippen molar-refractivity contribution < 1.29 is 19.3 Å². The Morgan fingerprint density at radius 2 is 2.00 bits per heavy atom. The van der Waals surface area contributed by atoms with Crippen LogP contribution in [0.1, 0.15) is 10.4 Å². The molecule has 1 heterocycles. The molecular formula is C13H13N3O5. The van der Waals surface area contributed by atoms with Crippen LogP contribution in [0.15, 0.2) is 24.3 Å². The molecule has 0 aliphatic carbocycles. The van der Waals surface area contributed by atoms with Crippen LogP contribution in [-0.4, -0.2) is 59.0 Å². The summed E-state index contributed by atoms with van der Waals surface area (Å²) in [4.78, 5) is 47.9. The Morgan fingerprint density at radius 1 is 1.29 bits per heavy atom. The number of nitro benzene ring substituents is 1. The van der Waals surface area contributed by atoms with Crippen molar-refractivity contribution in [2.24, 2.45) is 0 Å². The van der Waals surface area contributed by atoms with Crippen molar-refractivity contribution in [1.29, 1.82) is 0 Å². The number of benzene rings is 1. The molecule has 110 valence electrons. The number of carbonyl (C=O) groups excluding carboxylic acids is 3. The van der Waals surface area contributed by atoms with Crippen molar-refractivity contribution in [3.05, 3.63) is 39.9 Å². The summed E-state index contributed by atoms with van der Waals surface area (Å²) in [5.74, 6) is -1.83. The summed E-state index contributed by atoms with van der Waals surface area (Å²) in [6.45, 7) is 0.355. The number of carbonyl (C=O) groups is 3. The average molecular weight is 291 g/mol. The molecule has 0 aromatic heterocycles. The molecule has 1 fully saturated rings. The molecule has 0 bridgehead atoms. The fourth-order valence-electron chi connectivity index (χ4n) is 1.98. The summed E-state index contributed by atoms with van der Waals surface area (Å²) in [6.07, 6.45) is 0. The first-order chi connectivity index (χ1) is 9.90. The molecule has 0 saturated carbocycles. The first-order valence-corrected chi connectivity index (χ1v) is 6.22. The van der Waals surface area contributed by atoms with Gasteiger partial charge in [-0.3, -0.25) is 24.5 Å². The van der Waals surface area contributed by atoms with E-state index in [-0.39, 0.29) is 24.3 Å². The van der Waals surface area contributed by atoms with Gasteiger partial charge >= 0.3 is 11.8 Å². The first-order valence-electron chi connectivity index (χ1n) is 6.22. The molecule has 1 saturated heterocycles. The quantitative estimate of drug-likeness (QED) is 0.338. The van der Waals surface area contributed by atoms with E-state index < -0.39 is 22.5 Å². The summed E-state index contributed by atoms with van der Waals surface area (Å²) >= 11 is 0. The number of nitro groups is 1. The largest absolute Gasteiger partial charge is 0.336 e. The van der Waals surface area contributed by atoms with E-state index in [0.717, 1.165) is 11.0 Å². The van der Waals surface area contributed by atoms with Gasteiger partial charge in [0.15, 0.2) is 5.78 Å². The van der Waals surface area contributed by atoms with E-state index in [1.165, 1.54) is 30.1 Å². The third-order valence-corrected chi connectivity index (χ3v) is 3.24. The molecule has 0 radical (unpaired) electrons. The van der Waals surface area contributed by atoms with Crippen LogP contribution in [0.5, 0.6) is 0 Å². The van der Waals surface area contributed by atoms with Crippen LogP contribution in [0, 0.1) is 10.1 Å². The van der Waals surface area contributed by atoms with Gasteiger partial charge in [-0.2, -0.15) is 0 Å². The highest BCUT2D eigenvalue weighted by Crippen LogP contribution is 2.14. The Hall–Kier alpha value is -2.77. The third kappa shape index (κ3) is 3.04. The number of nitrogens with zero attached hydrogens (tertiary/aromatic N) is 3. The fourth-order valence-corrected chi connectivity index (χ4v) is 1.98. The maximum atomic E-state index is 12.1. The van der Waals surface area contributed by atoms with Crippen molar-refractivity contribution in [3.8, 4) is 0 Å². The summed E-state index contributed by atoms with van der Waals surface area (Å²) < 4.78 is 0. The lowest BCUT2D eigenvalue weighted by molar-refractivity contribution is -0.384. The van der Waals surface area contributed by atoms with Gasteiger partial charge in [-0.05, 0) is 0 Å². The standard InChI is InChI=1S/C13H13N3O5/c1-14-5-6-15(13(19)12(14)18)8-11(17)9-3-2-4-10(7-9)16(20)21/h2-4,7H,5-6,8H2,1H3. The zero-order valence-electron chi connectivity index (χ0n) is 11.3. The summed E-state index contributed by atoms with van der Waals surface area (Å²) in [7, 11) is 1.51. The molecule has 8 heteroatoms. The molecule has 0 unspecified atom stereocenters. The van der Waals surface area contributed by atoms with Gasteiger partial charge in [0, 0.05) is 37.8 Å². The first kappa shape index (κ1) is 14.6. The van der Waals surface area contributed by atoms with Crippen molar-refractivity contribution >= 4 is 23.3 Å². The SMILES string of the molecule is CN1CCN(CC(=O)c2cccc([N+](=O)[O-])c2)C(=O)C1=O. The average Bonchev–Trinajstić information content (AvgIpc) is 2.48. The summed E-state index contributed by atoms with van der Waals surface area (Å²) in [5, 5.41) is 10.7. The lowest BCUT2D eigenvalue weighted by Gasteiger charge is -2.30. The number of non-ortho nitro benzene ring substituents is 1. The molecule has 8 nitrogen and oxygen atoms in total. The van der Waals surface area contributed by atoms with Crippen LogP contribution in [0.3, 0.4) is 0 Å². The molecular weight excluding hydrogens is 278 g/mol. The van der Waals surface area contributed by atoms with Crippen LogP contribution in [0.25, 0.3) is 0 Å². The molecule has 1 aromatic rings. The van der Waals surface area contributed by atoms with E-state index in [1.807, 2.05) is 0 Å². The topological polar surface area (TPSA) is 101 Å². The Kier molecular flexibility index (Phi) is 3.97. The van der Waals surface area contributed by atoms with Gasteiger partial charge in [-0.25, -0.2) is 0 Å². The van der Waals surface area contributed by atoms with E-state index in [9.17, 15) is 24.5 Å². The lowest BCUT2D eigenvalue weighted by atomic mass is 10.1. The van der Waals surface area contributed by atoms with Gasteiger partial charge in [0.2, 0.25) is 0 Å². The van der Waals surface area contributed by atoms with Crippen LogP contribution in [0.4, 0.5) is 5.69 Å². The van der Waals surface area contributed by atoms with Gasteiger partial charge in [0.1, 0.15) is 0 Å². The Labute approximate surface area is 120 Å². The normalized spacial score (nSPS) is 15.3. The molecule has 0 atom stereocenters. The molecule has 0 N–H and O–H groups in total. The van der Waals surface area contributed by atoms with Gasteiger partial charge in [-0.15, -0.1) is 0 Å².